The lowest BCUT2D eigenvalue weighted by atomic mass is 9.85. The number of rotatable bonds is 3. The summed E-state index contributed by atoms with van der Waals surface area (Å²) in [7, 11) is 0. The molecule has 0 bridgehead atoms. The topological polar surface area (TPSA) is 68.0 Å². The second-order valence-electron chi connectivity index (χ2n) is 6.52. The number of primary amides is 1. The summed E-state index contributed by atoms with van der Waals surface area (Å²) in [6.45, 7) is 1.88. The standard InChI is InChI=1S/C22H21N3O/c23-22(26)18-8-2-1-7-17(18)20(15-10-13-24-14-11-15)19-9-3-5-16-6-4-12-25-21(16)19/h1-9,12,24H,10-11,13-14H2,(H2,23,26). The zero-order valence-electron chi connectivity index (χ0n) is 14.5. The highest BCUT2D eigenvalue weighted by Gasteiger charge is 2.20. The molecule has 1 aliphatic rings. The van der Waals surface area contributed by atoms with Crippen LogP contribution in [0.1, 0.15) is 34.3 Å². The SMILES string of the molecule is NC(=O)c1ccccc1C(=C1CCNCC1)c1cccc2cccnc12. The fourth-order valence-corrected chi connectivity index (χ4v) is 3.73. The van der Waals surface area contributed by atoms with E-state index in [1.807, 2.05) is 36.5 Å². The van der Waals surface area contributed by atoms with Crippen LogP contribution in [-0.2, 0) is 0 Å². The van der Waals surface area contributed by atoms with Crippen LogP contribution < -0.4 is 11.1 Å². The fourth-order valence-electron chi connectivity index (χ4n) is 3.73. The molecule has 0 unspecified atom stereocenters. The van der Waals surface area contributed by atoms with E-state index in [1.165, 1.54) is 5.57 Å². The summed E-state index contributed by atoms with van der Waals surface area (Å²) in [4.78, 5) is 16.7. The van der Waals surface area contributed by atoms with Gasteiger partial charge in [-0.3, -0.25) is 9.78 Å². The first-order valence-electron chi connectivity index (χ1n) is 8.92. The Kier molecular flexibility index (Phi) is 4.50. The number of aromatic nitrogens is 1. The summed E-state index contributed by atoms with van der Waals surface area (Å²) in [5.41, 5.74) is 11.6. The van der Waals surface area contributed by atoms with Gasteiger partial charge in [-0.05, 0) is 49.2 Å². The van der Waals surface area contributed by atoms with E-state index in [-0.39, 0.29) is 0 Å². The first-order chi connectivity index (χ1) is 12.8. The van der Waals surface area contributed by atoms with Gasteiger partial charge >= 0.3 is 0 Å². The highest BCUT2D eigenvalue weighted by Crippen LogP contribution is 2.35. The average Bonchev–Trinajstić information content (AvgIpc) is 2.69. The number of carbonyl (C=O) groups is 1. The third kappa shape index (κ3) is 3.00. The predicted octanol–water partition coefficient (Wildman–Crippen LogP) is 3.52. The maximum absolute atomic E-state index is 12.1. The van der Waals surface area contributed by atoms with Crippen LogP contribution in [0.2, 0.25) is 0 Å². The quantitative estimate of drug-likeness (QED) is 0.764. The summed E-state index contributed by atoms with van der Waals surface area (Å²) >= 11 is 0. The molecule has 4 nitrogen and oxygen atoms in total. The monoisotopic (exact) mass is 343 g/mol. The molecule has 4 heteroatoms. The Morgan fingerprint density at radius 1 is 0.885 bits per heavy atom. The molecule has 0 saturated carbocycles. The van der Waals surface area contributed by atoms with Crippen molar-refractivity contribution in [2.75, 3.05) is 13.1 Å². The number of amides is 1. The van der Waals surface area contributed by atoms with Crippen molar-refractivity contribution in [2.24, 2.45) is 5.73 Å². The van der Waals surface area contributed by atoms with Gasteiger partial charge in [-0.2, -0.15) is 0 Å². The van der Waals surface area contributed by atoms with Gasteiger partial charge in [0.05, 0.1) is 5.52 Å². The Balaban J connectivity index is 2.03. The molecule has 130 valence electrons. The summed E-state index contributed by atoms with van der Waals surface area (Å²) < 4.78 is 0. The minimum Gasteiger partial charge on any atom is -0.366 e. The average molecular weight is 343 g/mol. The Hall–Kier alpha value is -2.98. The molecule has 1 aromatic heterocycles. The highest BCUT2D eigenvalue weighted by atomic mass is 16.1. The van der Waals surface area contributed by atoms with Crippen molar-refractivity contribution in [3.63, 3.8) is 0 Å². The normalized spacial score (nSPS) is 14.4. The second kappa shape index (κ2) is 7.10. The minimum absolute atomic E-state index is 0.402. The number of nitrogens with two attached hydrogens (primary N) is 1. The number of fused-ring (bicyclic) bond motifs is 1. The Labute approximate surface area is 152 Å². The number of nitrogens with zero attached hydrogens (tertiary/aromatic N) is 1. The summed E-state index contributed by atoms with van der Waals surface area (Å²) in [6.07, 6.45) is 3.72. The van der Waals surface area contributed by atoms with Gasteiger partial charge in [0.15, 0.2) is 0 Å². The van der Waals surface area contributed by atoms with Gasteiger partial charge in [0, 0.05) is 22.7 Å². The molecule has 3 aromatic rings. The molecule has 1 aliphatic heterocycles. The third-order valence-corrected chi connectivity index (χ3v) is 4.92. The summed E-state index contributed by atoms with van der Waals surface area (Å²) in [6, 6.07) is 17.8. The number of hydrogen-bond donors (Lipinski definition) is 2. The molecular formula is C22H21N3O. The lowest BCUT2D eigenvalue weighted by Crippen LogP contribution is -2.24. The largest absolute Gasteiger partial charge is 0.366 e. The number of hydrogen-bond acceptors (Lipinski definition) is 3. The van der Waals surface area contributed by atoms with E-state index in [4.69, 9.17) is 5.73 Å². The van der Waals surface area contributed by atoms with E-state index in [0.717, 1.165) is 53.5 Å². The number of nitrogens with one attached hydrogen (secondary N) is 1. The van der Waals surface area contributed by atoms with Crippen LogP contribution in [0, 0.1) is 0 Å². The van der Waals surface area contributed by atoms with E-state index < -0.39 is 5.91 Å². The Bertz CT molecular complexity index is 994. The molecular weight excluding hydrogens is 322 g/mol. The Morgan fingerprint density at radius 2 is 1.58 bits per heavy atom. The molecule has 0 radical (unpaired) electrons. The van der Waals surface area contributed by atoms with Gasteiger partial charge in [0.2, 0.25) is 5.91 Å². The molecule has 2 heterocycles. The van der Waals surface area contributed by atoms with Crippen molar-refractivity contribution in [3.05, 3.63) is 83.1 Å². The lowest BCUT2D eigenvalue weighted by molar-refractivity contribution is 0.1000. The van der Waals surface area contributed by atoms with Crippen LogP contribution in [0.25, 0.3) is 16.5 Å². The van der Waals surface area contributed by atoms with E-state index in [0.29, 0.717) is 5.56 Å². The van der Waals surface area contributed by atoms with Gasteiger partial charge in [-0.1, -0.05) is 48.0 Å². The predicted molar refractivity (Wildman–Crippen MR) is 105 cm³/mol. The smallest absolute Gasteiger partial charge is 0.249 e. The van der Waals surface area contributed by atoms with Crippen molar-refractivity contribution in [3.8, 4) is 0 Å². The van der Waals surface area contributed by atoms with E-state index in [2.05, 4.69) is 28.5 Å². The first kappa shape index (κ1) is 16.5. The van der Waals surface area contributed by atoms with Crippen LogP contribution in [0.3, 0.4) is 0 Å². The van der Waals surface area contributed by atoms with Crippen molar-refractivity contribution < 1.29 is 4.79 Å². The van der Waals surface area contributed by atoms with Crippen molar-refractivity contribution in [2.45, 2.75) is 12.8 Å². The number of pyridine rings is 1. The second-order valence-corrected chi connectivity index (χ2v) is 6.52. The highest BCUT2D eigenvalue weighted by molar-refractivity contribution is 6.04. The molecule has 3 N–H and O–H groups in total. The fraction of sp³-hybridized carbons (Fsp3) is 0.182. The Morgan fingerprint density at radius 3 is 2.35 bits per heavy atom. The molecule has 26 heavy (non-hydrogen) atoms. The van der Waals surface area contributed by atoms with E-state index in [1.54, 1.807) is 6.07 Å². The van der Waals surface area contributed by atoms with Gasteiger partial charge < -0.3 is 11.1 Å². The number of para-hydroxylation sites is 1. The molecule has 2 aromatic carbocycles. The zero-order valence-corrected chi connectivity index (χ0v) is 14.5. The van der Waals surface area contributed by atoms with Gasteiger partial charge in [-0.15, -0.1) is 0 Å². The molecule has 1 saturated heterocycles. The van der Waals surface area contributed by atoms with Crippen LogP contribution in [0.15, 0.2) is 66.4 Å². The van der Waals surface area contributed by atoms with Crippen molar-refractivity contribution in [1.82, 2.24) is 10.3 Å². The van der Waals surface area contributed by atoms with Crippen LogP contribution in [0.4, 0.5) is 0 Å². The molecule has 4 rings (SSSR count). The van der Waals surface area contributed by atoms with Crippen LogP contribution in [0.5, 0.6) is 0 Å². The van der Waals surface area contributed by atoms with Crippen molar-refractivity contribution >= 4 is 22.4 Å². The maximum atomic E-state index is 12.1. The zero-order chi connectivity index (χ0) is 17.9. The third-order valence-electron chi connectivity index (χ3n) is 4.92. The molecule has 1 fully saturated rings. The van der Waals surface area contributed by atoms with Gasteiger partial charge in [-0.25, -0.2) is 0 Å². The minimum atomic E-state index is -0.402. The number of carbonyl (C=O) groups excluding carboxylic acids is 1. The molecule has 1 amide bonds. The van der Waals surface area contributed by atoms with E-state index >= 15 is 0 Å². The number of benzene rings is 2. The van der Waals surface area contributed by atoms with E-state index in [9.17, 15) is 4.79 Å². The summed E-state index contributed by atoms with van der Waals surface area (Å²) in [5.74, 6) is -0.402. The molecule has 0 atom stereocenters. The molecule has 0 spiro atoms. The molecule has 0 aliphatic carbocycles. The van der Waals surface area contributed by atoms with Crippen molar-refractivity contribution in [1.29, 1.82) is 0 Å². The lowest BCUT2D eigenvalue weighted by Gasteiger charge is -2.23. The first-order valence-corrected chi connectivity index (χ1v) is 8.92. The number of piperidine rings is 1. The van der Waals surface area contributed by atoms with Crippen LogP contribution >= 0.6 is 0 Å². The maximum Gasteiger partial charge on any atom is 0.249 e. The summed E-state index contributed by atoms with van der Waals surface area (Å²) in [5, 5.41) is 4.50. The van der Waals surface area contributed by atoms with Gasteiger partial charge in [0.25, 0.3) is 0 Å². The van der Waals surface area contributed by atoms with Crippen LogP contribution in [-0.4, -0.2) is 24.0 Å². The van der Waals surface area contributed by atoms with Gasteiger partial charge in [0.1, 0.15) is 0 Å².